The fraction of sp³-hybridized carbons (Fsp3) is 0.208. The van der Waals surface area contributed by atoms with Gasteiger partial charge in [0.1, 0.15) is 5.82 Å². The summed E-state index contributed by atoms with van der Waals surface area (Å²) in [5.41, 5.74) is 9.42. The van der Waals surface area contributed by atoms with Crippen molar-refractivity contribution in [2.24, 2.45) is 0 Å². The zero-order valence-electron chi connectivity index (χ0n) is 16.9. The Hall–Kier alpha value is -2.56. The summed E-state index contributed by atoms with van der Waals surface area (Å²) in [6, 6.07) is 16.8. The van der Waals surface area contributed by atoms with Gasteiger partial charge in [-0.3, -0.25) is 9.66 Å². The minimum absolute atomic E-state index is 0. The summed E-state index contributed by atoms with van der Waals surface area (Å²) in [6.45, 7) is 4.24. The van der Waals surface area contributed by atoms with Crippen LogP contribution in [-0.4, -0.2) is 15.7 Å². The number of aryl methyl sites for hydroxylation is 1. The molecule has 1 N–H and O–H groups in total. The van der Waals surface area contributed by atoms with Crippen molar-refractivity contribution in [1.29, 1.82) is 0 Å². The second kappa shape index (κ2) is 9.50. The lowest BCUT2D eigenvalue weighted by atomic mass is 9.99. The molecule has 3 nitrogen and oxygen atoms in total. The minimum atomic E-state index is -0.218. The molecule has 6 heteroatoms. The van der Waals surface area contributed by atoms with Crippen molar-refractivity contribution in [2.75, 3.05) is 5.43 Å². The maximum atomic E-state index is 13.3. The largest absolute Gasteiger partial charge is 0.322 e. The second-order valence-corrected chi connectivity index (χ2v) is 7.86. The van der Waals surface area contributed by atoms with E-state index in [1.165, 1.54) is 28.6 Å². The zero-order chi connectivity index (χ0) is 20.4. The Kier molecular flexibility index (Phi) is 7.01. The van der Waals surface area contributed by atoms with Crippen LogP contribution in [0.3, 0.4) is 0 Å². The van der Waals surface area contributed by atoms with Gasteiger partial charge in [0.25, 0.3) is 0 Å². The first-order valence-electron chi connectivity index (χ1n) is 9.68. The summed E-state index contributed by atoms with van der Waals surface area (Å²) in [6.07, 6.45) is 5.29. The first kappa shape index (κ1) is 22.1. The van der Waals surface area contributed by atoms with E-state index in [9.17, 15) is 4.39 Å². The molecular weight excluding hydrogens is 420 g/mol. The van der Waals surface area contributed by atoms with E-state index in [0.717, 1.165) is 34.6 Å². The van der Waals surface area contributed by atoms with E-state index < -0.39 is 0 Å². The first-order chi connectivity index (χ1) is 14.0. The van der Waals surface area contributed by atoms with Gasteiger partial charge in [0.15, 0.2) is 0 Å². The number of hydrogen-bond donors (Lipinski definition) is 1. The number of rotatable bonds is 6. The van der Waals surface area contributed by atoms with Gasteiger partial charge in [-0.1, -0.05) is 35.9 Å². The molecule has 1 unspecified atom stereocenters. The fourth-order valence-electron chi connectivity index (χ4n) is 3.75. The molecule has 0 radical (unpaired) electrons. The molecule has 0 saturated heterocycles. The third-order valence-electron chi connectivity index (χ3n) is 5.43. The van der Waals surface area contributed by atoms with Crippen LogP contribution in [0.25, 0.3) is 10.9 Å². The van der Waals surface area contributed by atoms with Gasteiger partial charge in [-0.15, -0.1) is 12.4 Å². The molecule has 0 bridgehead atoms. The lowest BCUT2D eigenvalue weighted by Crippen LogP contribution is -2.32. The normalized spacial score (nSPS) is 11.9. The van der Waals surface area contributed by atoms with E-state index in [2.05, 4.69) is 41.1 Å². The van der Waals surface area contributed by atoms with Crippen LogP contribution >= 0.6 is 24.0 Å². The summed E-state index contributed by atoms with van der Waals surface area (Å²) in [5.74, 6) is -0.218. The van der Waals surface area contributed by atoms with Crippen LogP contribution < -0.4 is 5.43 Å². The van der Waals surface area contributed by atoms with Gasteiger partial charge in [0.2, 0.25) is 0 Å². The molecule has 0 aliphatic heterocycles. The number of hydrogen-bond acceptors (Lipinski definition) is 2. The molecule has 0 aliphatic carbocycles. The number of benzene rings is 2. The highest BCUT2D eigenvalue weighted by molar-refractivity contribution is 6.30. The average Bonchev–Trinajstić information content (AvgIpc) is 2.96. The lowest BCUT2D eigenvalue weighted by molar-refractivity contribution is 0.617. The van der Waals surface area contributed by atoms with Crippen molar-refractivity contribution < 1.29 is 4.39 Å². The molecule has 2 aromatic heterocycles. The van der Waals surface area contributed by atoms with Crippen molar-refractivity contribution >= 4 is 34.9 Å². The molecule has 0 aliphatic rings. The highest BCUT2D eigenvalue weighted by atomic mass is 35.5. The van der Waals surface area contributed by atoms with E-state index in [4.69, 9.17) is 11.6 Å². The number of nitrogens with one attached hydrogen (secondary N) is 1. The zero-order valence-corrected chi connectivity index (χ0v) is 18.5. The van der Waals surface area contributed by atoms with Crippen molar-refractivity contribution in [3.63, 3.8) is 0 Å². The lowest BCUT2D eigenvalue weighted by Gasteiger charge is -2.23. The quantitative estimate of drug-likeness (QED) is 0.380. The Balaban J connectivity index is 0.00000256. The number of halogens is 3. The summed E-state index contributed by atoms with van der Waals surface area (Å²) >= 11 is 6.05. The fourth-order valence-corrected chi connectivity index (χ4v) is 3.87. The Morgan fingerprint density at radius 3 is 2.20 bits per heavy atom. The molecule has 156 valence electrons. The number of fused-ring (bicyclic) bond motifs is 1. The summed E-state index contributed by atoms with van der Waals surface area (Å²) < 4.78 is 15.5. The van der Waals surface area contributed by atoms with Crippen LogP contribution in [-0.2, 0) is 12.8 Å². The van der Waals surface area contributed by atoms with Crippen LogP contribution in [0.5, 0.6) is 0 Å². The van der Waals surface area contributed by atoms with Crippen molar-refractivity contribution in [1.82, 2.24) is 9.66 Å². The van der Waals surface area contributed by atoms with Gasteiger partial charge < -0.3 is 5.43 Å². The van der Waals surface area contributed by atoms with Gasteiger partial charge in [-0.2, -0.15) is 0 Å². The molecule has 2 aromatic carbocycles. The van der Waals surface area contributed by atoms with E-state index in [0.29, 0.717) is 0 Å². The first-order valence-corrected chi connectivity index (χ1v) is 10.1. The standard InChI is InChI=1S/C24H23ClFN3.ClH/c1-16-17(2)29(24-15-27-12-11-23(16)24)28-22(13-18-3-7-20(25)8-4-18)14-19-5-9-21(26)10-6-19;/h3-12,15,22,28H,13-14H2,1-2H3;1H. The van der Waals surface area contributed by atoms with Crippen LogP contribution in [0.15, 0.2) is 67.0 Å². The van der Waals surface area contributed by atoms with Gasteiger partial charge >= 0.3 is 0 Å². The van der Waals surface area contributed by atoms with Crippen molar-refractivity contribution in [3.8, 4) is 0 Å². The maximum absolute atomic E-state index is 13.3. The van der Waals surface area contributed by atoms with E-state index in [-0.39, 0.29) is 24.3 Å². The monoisotopic (exact) mass is 443 g/mol. The topological polar surface area (TPSA) is 29.9 Å². The highest BCUT2D eigenvalue weighted by Gasteiger charge is 2.16. The van der Waals surface area contributed by atoms with Crippen LogP contribution in [0.4, 0.5) is 4.39 Å². The highest BCUT2D eigenvalue weighted by Crippen LogP contribution is 2.24. The molecule has 4 aromatic rings. The number of nitrogens with zero attached hydrogens (tertiary/aromatic N) is 2. The average molecular weight is 444 g/mol. The third-order valence-corrected chi connectivity index (χ3v) is 5.68. The molecule has 0 fully saturated rings. The van der Waals surface area contributed by atoms with Gasteiger partial charge in [-0.05, 0) is 73.7 Å². The van der Waals surface area contributed by atoms with Crippen LogP contribution in [0, 0.1) is 19.7 Å². The van der Waals surface area contributed by atoms with Crippen molar-refractivity contribution in [2.45, 2.75) is 32.7 Å². The van der Waals surface area contributed by atoms with Crippen molar-refractivity contribution in [3.05, 3.63) is 100 Å². The summed E-state index contributed by atoms with van der Waals surface area (Å²) in [7, 11) is 0. The Labute approximate surface area is 187 Å². The summed E-state index contributed by atoms with van der Waals surface area (Å²) in [4.78, 5) is 4.31. The van der Waals surface area contributed by atoms with Crippen LogP contribution in [0.1, 0.15) is 22.4 Å². The molecule has 0 saturated carbocycles. The molecule has 4 rings (SSSR count). The molecule has 1 atom stereocenters. The smallest absolute Gasteiger partial charge is 0.123 e. The SMILES string of the molecule is Cc1c(C)n(NC(Cc2ccc(F)cc2)Cc2ccc(Cl)cc2)c2cnccc12.Cl. The van der Waals surface area contributed by atoms with Gasteiger partial charge in [0, 0.05) is 22.3 Å². The van der Waals surface area contributed by atoms with E-state index in [1.807, 2.05) is 42.7 Å². The minimum Gasteiger partial charge on any atom is -0.322 e. The van der Waals surface area contributed by atoms with E-state index >= 15 is 0 Å². The maximum Gasteiger partial charge on any atom is 0.123 e. The van der Waals surface area contributed by atoms with Gasteiger partial charge in [-0.25, -0.2) is 4.39 Å². The number of pyridine rings is 1. The third kappa shape index (κ3) is 4.77. The van der Waals surface area contributed by atoms with Crippen LogP contribution in [0.2, 0.25) is 5.02 Å². The van der Waals surface area contributed by atoms with E-state index in [1.54, 1.807) is 0 Å². The molecule has 0 spiro atoms. The molecule has 0 amide bonds. The Morgan fingerprint density at radius 1 is 0.967 bits per heavy atom. The Bertz CT molecular complexity index is 1070. The second-order valence-electron chi connectivity index (χ2n) is 7.43. The summed E-state index contributed by atoms with van der Waals surface area (Å²) in [5, 5.41) is 1.92. The predicted molar refractivity (Wildman–Crippen MR) is 125 cm³/mol. The predicted octanol–water partition coefficient (Wildman–Crippen LogP) is 6.26. The molecular formula is C24H24Cl2FN3. The molecule has 2 heterocycles. The van der Waals surface area contributed by atoms with Gasteiger partial charge in [0.05, 0.1) is 17.8 Å². The number of aromatic nitrogens is 2. The Morgan fingerprint density at radius 2 is 1.57 bits per heavy atom. The molecule has 30 heavy (non-hydrogen) atoms.